The Kier molecular flexibility index (Phi) is 6.74. The fourth-order valence-electron chi connectivity index (χ4n) is 2.40. The average Bonchev–Trinajstić information content (AvgIpc) is 2.60. The lowest BCUT2D eigenvalue weighted by Crippen LogP contribution is -2.28. The van der Waals surface area contributed by atoms with Gasteiger partial charge < -0.3 is 15.0 Å². The average molecular weight is 342 g/mol. The Balaban J connectivity index is 2.23. The first-order chi connectivity index (χ1) is 12.0. The van der Waals surface area contributed by atoms with Gasteiger partial charge in [-0.05, 0) is 38.5 Å². The van der Waals surface area contributed by atoms with Gasteiger partial charge in [0.05, 0.1) is 12.3 Å². The highest BCUT2D eigenvalue weighted by atomic mass is 16.5. The van der Waals surface area contributed by atoms with Crippen LogP contribution in [0.15, 0.2) is 30.3 Å². The first-order valence-electron chi connectivity index (χ1n) is 8.65. The lowest BCUT2D eigenvalue weighted by Gasteiger charge is -2.17. The summed E-state index contributed by atoms with van der Waals surface area (Å²) in [6.07, 6.45) is 2.01. The summed E-state index contributed by atoms with van der Waals surface area (Å²) < 4.78 is 5.61. The van der Waals surface area contributed by atoms with Crippen LogP contribution in [0.3, 0.4) is 0 Å². The van der Waals surface area contributed by atoms with Gasteiger partial charge in [-0.15, -0.1) is 0 Å². The second-order valence-corrected chi connectivity index (χ2v) is 5.85. The Morgan fingerprint density at radius 3 is 2.72 bits per heavy atom. The van der Waals surface area contributed by atoms with Crippen LogP contribution in [0.5, 0.6) is 5.75 Å². The summed E-state index contributed by atoms with van der Waals surface area (Å²) in [5, 5.41) is 3.16. The number of ether oxygens (including phenoxy) is 1. The second-order valence-electron chi connectivity index (χ2n) is 5.85. The molecular formula is C19H26N4O2. The maximum atomic E-state index is 12.6. The van der Waals surface area contributed by atoms with Crippen LogP contribution in [-0.2, 0) is 0 Å². The number of aromatic nitrogens is 2. The zero-order valence-electron chi connectivity index (χ0n) is 15.4. The molecule has 0 aliphatic carbocycles. The van der Waals surface area contributed by atoms with Crippen LogP contribution in [0, 0.1) is 6.92 Å². The largest absolute Gasteiger partial charge is 0.492 e. The third-order valence-corrected chi connectivity index (χ3v) is 3.70. The number of aryl methyl sites for hydroxylation is 1. The molecule has 1 N–H and O–H groups in total. The summed E-state index contributed by atoms with van der Waals surface area (Å²) in [5.74, 6) is 1.02. The molecule has 0 radical (unpaired) electrons. The van der Waals surface area contributed by atoms with Crippen molar-refractivity contribution in [2.45, 2.75) is 33.6 Å². The number of nitrogens with one attached hydrogen (secondary N) is 1. The van der Waals surface area contributed by atoms with Gasteiger partial charge in [-0.3, -0.25) is 4.79 Å². The number of hydrogen-bond donors (Lipinski definition) is 1. The summed E-state index contributed by atoms with van der Waals surface area (Å²) in [7, 11) is 1.80. The van der Waals surface area contributed by atoms with Crippen LogP contribution in [0.25, 0.3) is 0 Å². The van der Waals surface area contributed by atoms with E-state index in [2.05, 4.69) is 22.2 Å². The molecule has 1 amide bonds. The molecule has 0 spiro atoms. The van der Waals surface area contributed by atoms with E-state index in [-0.39, 0.29) is 5.91 Å². The third-order valence-electron chi connectivity index (χ3n) is 3.70. The van der Waals surface area contributed by atoms with Gasteiger partial charge in [0.2, 0.25) is 5.95 Å². The van der Waals surface area contributed by atoms with E-state index in [0.29, 0.717) is 24.8 Å². The fourth-order valence-corrected chi connectivity index (χ4v) is 2.40. The predicted octanol–water partition coefficient (Wildman–Crippen LogP) is 3.80. The summed E-state index contributed by atoms with van der Waals surface area (Å²) in [6, 6.07) is 9.30. The minimum absolute atomic E-state index is 0.0971. The maximum absolute atomic E-state index is 12.6. The normalized spacial score (nSPS) is 10.4. The summed E-state index contributed by atoms with van der Waals surface area (Å²) in [5.41, 5.74) is 1.90. The van der Waals surface area contributed by atoms with Gasteiger partial charge >= 0.3 is 0 Å². The number of para-hydroxylation sites is 2. The molecule has 2 aromatic rings. The SMILES string of the molecule is CCCCN(C)C(=O)c1cc(C)nc(Nc2ccccc2OCC)n1. The quantitative estimate of drug-likeness (QED) is 0.790. The van der Waals surface area contributed by atoms with E-state index >= 15 is 0 Å². The molecule has 0 fully saturated rings. The Labute approximate surface area is 149 Å². The zero-order valence-corrected chi connectivity index (χ0v) is 15.4. The van der Waals surface area contributed by atoms with E-state index in [9.17, 15) is 4.79 Å². The van der Waals surface area contributed by atoms with E-state index in [1.54, 1.807) is 18.0 Å². The number of benzene rings is 1. The molecule has 6 nitrogen and oxygen atoms in total. The fraction of sp³-hybridized carbons (Fsp3) is 0.421. The minimum Gasteiger partial charge on any atom is -0.492 e. The van der Waals surface area contributed by atoms with Crippen molar-refractivity contribution in [3.05, 3.63) is 41.7 Å². The van der Waals surface area contributed by atoms with Crippen LogP contribution in [-0.4, -0.2) is 41.0 Å². The standard InChI is InChI=1S/C19H26N4O2/c1-5-7-12-23(4)18(24)16-13-14(3)20-19(22-16)21-15-10-8-9-11-17(15)25-6-2/h8-11,13H,5-7,12H2,1-4H3,(H,20,21,22). The van der Waals surface area contributed by atoms with Crippen molar-refractivity contribution in [1.82, 2.24) is 14.9 Å². The molecule has 0 atom stereocenters. The van der Waals surface area contributed by atoms with Gasteiger partial charge in [0.25, 0.3) is 5.91 Å². The van der Waals surface area contributed by atoms with Crippen molar-refractivity contribution in [3.8, 4) is 5.75 Å². The number of rotatable bonds is 8. The maximum Gasteiger partial charge on any atom is 0.272 e. The van der Waals surface area contributed by atoms with Gasteiger partial charge in [0.1, 0.15) is 11.4 Å². The Bertz CT molecular complexity index is 718. The van der Waals surface area contributed by atoms with Gasteiger partial charge in [0.15, 0.2) is 0 Å². The van der Waals surface area contributed by atoms with Gasteiger partial charge in [-0.2, -0.15) is 0 Å². The summed E-state index contributed by atoms with van der Waals surface area (Å²) in [4.78, 5) is 23.0. The number of hydrogen-bond acceptors (Lipinski definition) is 5. The van der Waals surface area contributed by atoms with Crippen molar-refractivity contribution in [2.75, 3.05) is 25.5 Å². The number of carbonyl (C=O) groups is 1. The smallest absolute Gasteiger partial charge is 0.272 e. The van der Waals surface area contributed by atoms with E-state index in [1.165, 1.54) is 0 Å². The molecule has 134 valence electrons. The molecule has 0 saturated heterocycles. The number of anilines is 2. The molecule has 25 heavy (non-hydrogen) atoms. The van der Waals surface area contributed by atoms with Crippen molar-refractivity contribution in [3.63, 3.8) is 0 Å². The first-order valence-corrected chi connectivity index (χ1v) is 8.65. The van der Waals surface area contributed by atoms with Crippen molar-refractivity contribution in [2.24, 2.45) is 0 Å². The topological polar surface area (TPSA) is 67.4 Å². The van der Waals surface area contributed by atoms with Crippen molar-refractivity contribution < 1.29 is 9.53 Å². The summed E-state index contributed by atoms with van der Waals surface area (Å²) >= 11 is 0. The molecule has 0 unspecified atom stereocenters. The molecule has 0 saturated carbocycles. The highest BCUT2D eigenvalue weighted by Gasteiger charge is 2.15. The van der Waals surface area contributed by atoms with E-state index in [1.807, 2.05) is 38.1 Å². The number of unbranched alkanes of at least 4 members (excludes halogenated alkanes) is 1. The molecule has 1 heterocycles. The van der Waals surface area contributed by atoms with Gasteiger partial charge in [-0.1, -0.05) is 25.5 Å². The summed E-state index contributed by atoms with van der Waals surface area (Å²) in [6.45, 7) is 7.17. The van der Waals surface area contributed by atoms with Crippen molar-refractivity contribution >= 4 is 17.5 Å². The minimum atomic E-state index is -0.0971. The molecule has 6 heteroatoms. The van der Waals surface area contributed by atoms with E-state index in [0.717, 1.165) is 30.0 Å². The monoisotopic (exact) mass is 342 g/mol. The number of amides is 1. The Morgan fingerprint density at radius 2 is 2.00 bits per heavy atom. The molecule has 0 aliphatic heterocycles. The first kappa shape index (κ1) is 18.7. The lowest BCUT2D eigenvalue weighted by molar-refractivity contribution is 0.0787. The molecule has 0 bridgehead atoms. The van der Waals surface area contributed by atoms with Crippen LogP contribution >= 0.6 is 0 Å². The van der Waals surface area contributed by atoms with Crippen LogP contribution < -0.4 is 10.1 Å². The highest BCUT2D eigenvalue weighted by molar-refractivity contribution is 5.92. The second kappa shape index (κ2) is 9.01. The van der Waals surface area contributed by atoms with Crippen LogP contribution in [0.2, 0.25) is 0 Å². The number of carbonyl (C=O) groups excluding carboxylic acids is 1. The molecule has 0 aliphatic rings. The van der Waals surface area contributed by atoms with Gasteiger partial charge in [0, 0.05) is 19.3 Å². The van der Waals surface area contributed by atoms with Crippen LogP contribution in [0.4, 0.5) is 11.6 Å². The van der Waals surface area contributed by atoms with E-state index in [4.69, 9.17) is 4.74 Å². The lowest BCUT2D eigenvalue weighted by atomic mass is 10.2. The Hall–Kier alpha value is -2.63. The molecular weight excluding hydrogens is 316 g/mol. The predicted molar refractivity (Wildman–Crippen MR) is 99.5 cm³/mol. The molecule has 2 rings (SSSR count). The molecule has 1 aromatic heterocycles. The Morgan fingerprint density at radius 1 is 1.24 bits per heavy atom. The molecule has 1 aromatic carbocycles. The third kappa shape index (κ3) is 5.17. The highest BCUT2D eigenvalue weighted by Crippen LogP contribution is 2.26. The van der Waals surface area contributed by atoms with Crippen molar-refractivity contribution in [1.29, 1.82) is 0 Å². The van der Waals surface area contributed by atoms with E-state index < -0.39 is 0 Å². The van der Waals surface area contributed by atoms with Gasteiger partial charge in [-0.25, -0.2) is 9.97 Å². The number of nitrogens with zero attached hydrogens (tertiary/aromatic N) is 3. The van der Waals surface area contributed by atoms with Crippen LogP contribution in [0.1, 0.15) is 42.9 Å². The zero-order chi connectivity index (χ0) is 18.2.